The minimum absolute atomic E-state index is 0.0797. The summed E-state index contributed by atoms with van der Waals surface area (Å²) < 4.78 is 29.4. The maximum Gasteiger partial charge on any atom is 0.243 e. The molecule has 1 fully saturated rings. The van der Waals surface area contributed by atoms with E-state index in [9.17, 15) is 13.2 Å². The van der Waals surface area contributed by atoms with Crippen molar-refractivity contribution in [3.05, 3.63) is 41.1 Å². The summed E-state index contributed by atoms with van der Waals surface area (Å²) >= 11 is 0. The van der Waals surface area contributed by atoms with E-state index in [-0.39, 0.29) is 17.4 Å². The zero-order valence-corrected chi connectivity index (χ0v) is 19.5. The summed E-state index contributed by atoms with van der Waals surface area (Å²) in [6.07, 6.45) is 0.997. The molecule has 0 aliphatic carbocycles. The molecule has 3 rings (SSSR count). The fourth-order valence-corrected chi connectivity index (χ4v) is 5.59. The predicted molar refractivity (Wildman–Crippen MR) is 118 cm³/mol. The molecule has 0 radical (unpaired) electrons. The van der Waals surface area contributed by atoms with Crippen LogP contribution in [0.2, 0.25) is 0 Å². The number of anilines is 1. The standard InChI is InChI=1S/C22H32N4O3S/c1-15-7-8-19(16(2)13-15)30(28,29)25-11-9-18(10-12-25)21(27)23-20-14-17(3)24-26(20)22(4,5)6/h7-8,13-14,18H,9-12H2,1-6H3,(H,23,27). The van der Waals surface area contributed by atoms with Gasteiger partial charge in [0.15, 0.2) is 0 Å². The second kappa shape index (κ2) is 8.15. The Labute approximate surface area is 179 Å². The molecular weight excluding hydrogens is 400 g/mol. The second-order valence-electron chi connectivity index (χ2n) is 9.19. The van der Waals surface area contributed by atoms with Gasteiger partial charge in [-0.25, -0.2) is 13.1 Å². The Balaban J connectivity index is 1.68. The molecule has 0 atom stereocenters. The average Bonchev–Trinajstić information content (AvgIpc) is 3.02. The maximum atomic E-state index is 13.1. The summed E-state index contributed by atoms with van der Waals surface area (Å²) in [6, 6.07) is 7.24. The van der Waals surface area contributed by atoms with E-state index in [0.717, 1.165) is 16.8 Å². The number of hydrogen-bond acceptors (Lipinski definition) is 4. The first kappa shape index (κ1) is 22.5. The van der Waals surface area contributed by atoms with Crippen molar-refractivity contribution >= 4 is 21.7 Å². The van der Waals surface area contributed by atoms with E-state index in [1.54, 1.807) is 6.07 Å². The largest absolute Gasteiger partial charge is 0.311 e. The molecule has 1 amide bonds. The highest BCUT2D eigenvalue weighted by molar-refractivity contribution is 7.89. The van der Waals surface area contributed by atoms with Crippen LogP contribution in [0.25, 0.3) is 0 Å². The highest BCUT2D eigenvalue weighted by atomic mass is 32.2. The number of aromatic nitrogens is 2. The minimum atomic E-state index is -3.55. The molecule has 30 heavy (non-hydrogen) atoms. The molecule has 1 aromatic carbocycles. The van der Waals surface area contributed by atoms with Gasteiger partial charge in [-0.2, -0.15) is 9.40 Å². The van der Waals surface area contributed by atoms with Gasteiger partial charge in [-0.05, 0) is 66.0 Å². The molecule has 8 heteroatoms. The quantitative estimate of drug-likeness (QED) is 0.800. The van der Waals surface area contributed by atoms with E-state index in [0.29, 0.717) is 36.6 Å². The topological polar surface area (TPSA) is 84.3 Å². The van der Waals surface area contributed by atoms with Crippen molar-refractivity contribution in [1.82, 2.24) is 14.1 Å². The lowest BCUT2D eigenvalue weighted by Gasteiger charge is -2.31. The van der Waals surface area contributed by atoms with E-state index >= 15 is 0 Å². The molecule has 1 saturated heterocycles. The number of sulfonamides is 1. The third-order valence-corrected chi connectivity index (χ3v) is 7.55. The lowest BCUT2D eigenvalue weighted by Crippen LogP contribution is -2.41. The maximum absolute atomic E-state index is 13.1. The molecule has 1 aliphatic rings. The molecule has 2 heterocycles. The highest BCUT2D eigenvalue weighted by Crippen LogP contribution is 2.28. The first-order valence-corrected chi connectivity index (χ1v) is 11.8. The monoisotopic (exact) mass is 432 g/mol. The minimum Gasteiger partial charge on any atom is -0.311 e. The number of nitrogens with one attached hydrogen (secondary N) is 1. The van der Waals surface area contributed by atoms with Gasteiger partial charge in [-0.1, -0.05) is 17.7 Å². The van der Waals surface area contributed by atoms with Crippen molar-refractivity contribution in [3.8, 4) is 0 Å². The molecule has 164 valence electrons. The smallest absolute Gasteiger partial charge is 0.243 e. The van der Waals surface area contributed by atoms with Crippen LogP contribution in [0.1, 0.15) is 50.4 Å². The van der Waals surface area contributed by atoms with Gasteiger partial charge in [0.2, 0.25) is 15.9 Å². The van der Waals surface area contributed by atoms with Crippen molar-refractivity contribution in [1.29, 1.82) is 0 Å². The Bertz CT molecular complexity index is 1040. The third-order valence-electron chi connectivity index (χ3n) is 5.49. The van der Waals surface area contributed by atoms with Gasteiger partial charge in [-0.15, -0.1) is 0 Å². The fraction of sp³-hybridized carbons (Fsp3) is 0.545. The Morgan fingerprint density at radius 1 is 1.10 bits per heavy atom. The van der Waals surface area contributed by atoms with Crippen LogP contribution < -0.4 is 5.32 Å². The van der Waals surface area contributed by atoms with E-state index in [1.165, 1.54) is 4.31 Å². The molecule has 0 spiro atoms. The Kier molecular flexibility index (Phi) is 6.11. The van der Waals surface area contributed by atoms with Crippen LogP contribution in [0.15, 0.2) is 29.2 Å². The molecule has 7 nitrogen and oxygen atoms in total. The molecule has 1 N–H and O–H groups in total. The molecule has 1 aliphatic heterocycles. The van der Waals surface area contributed by atoms with E-state index < -0.39 is 10.0 Å². The number of benzene rings is 1. The Morgan fingerprint density at radius 2 is 1.73 bits per heavy atom. The molecule has 1 aromatic heterocycles. The summed E-state index contributed by atoms with van der Waals surface area (Å²) in [5.41, 5.74) is 2.38. The van der Waals surface area contributed by atoms with Gasteiger partial charge in [0, 0.05) is 25.1 Å². The summed E-state index contributed by atoms with van der Waals surface area (Å²) in [4.78, 5) is 13.2. The average molecular weight is 433 g/mol. The third kappa shape index (κ3) is 4.59. The zero-order chi connectivity index (χ0) is 22.3. The molecular formula is C22H32N4O3S. The zero-order valence-electron chi connectivity index (χ0n) is 18.7. The van der Waals surface area contributed by atoms with Crippen molar-refractivity contribution in [3.63, 3.8) is 0 Å². The van der Waals surface area contributed by atoms with Gasteiger partial charge < -0.3 is 5.32 Å². The van der Waals surface area contributed by atoms with Crippen molar-refractivity contribution < 1.29 is 13.2 Å². The number of rotatable bonds is 4. The number of carbonyl (C=O) groups excluding carboxylic acids is 1. The van der Waals surface area contributed by atoms with Crippen LogP contribution >= 0.6 is 0 Å². The van der Waals surface area contributed by atoms with E-state index in [1.807, 2.05) is 64.4 Å². The summed E-state index contributed by atoms with van der Waals surface area (Å²) in [7, 11) is -3.55. The van der Waals surface area contributed by atoms with Gasteiger partial charge in [0.1, 0.15) is 5.82 Å². The first-order chi connectivity index (χ1) is 13.9. The summed E-state index contributed by atoms with van der Waals surface area (Å²) in [6.45, 7) is 12.4. The van der Waals surface area contributed by atoms with Crippen LogP contribution in [0.3, 0.4) is 0 Å². The summed E-state index contributed by atoms with van der Waals surface area (Å²) in [5, 5.41) is 7.49. The van der Waals surface area contributed by atoms with E-state index in [4.69, 9.17) is 0 Å². The Morgan fingerprint density at radius 3 is 2.30 bits per heavy atom. The van der Waals surface area contributed by atoms with Gasteiger partial charge in [-0.3, -0.25) is 4.79 Å². The van der Waals surface area contributed by atoms with Crippen LogP contribution in [0.4, 0.5) is 5.82 Å². The van der Waals surface area contributed by atoms with Crippen LogP contribution in [-0.4, -0.2) is 41.5 Å². The molecule has 0 saturated carbocycles. The van der Waals surface area contributed by atoms with Crippen molar-refractivity contribution in [2.45, 2.75) is 64.8 Å². The molecule has 2 aromatic rings. The van der Waals surface area contributed by atoms with Crippen molar-refractivity contribution in [2.75, 3.05) is 18.4 Å². The number of hydrogen-bond donors (Lipinski definition) is 1. The molecule has 0 unspecified atom stereocenters. The first-order valence-electron chi connectivity index (χ1n) is 10.3. The SMILES string of the molecule is Cc1ccc(S(=O)(=O)N2CCC(C(=O)Nc3cc(C)nn3C(C)(C)C)CC2)c(C)c1. The van der Waals surface area contributed by atoms with Gasteiger partial charge >= 0.3 is 0 Å². The number of aryl methyl sites for hydroxylation is 3. The number of carbonyl (C=O) groups is 1. The van der Waals surface area contributed by atoms with Crippen molar-refractivity contribution in [2.24, 2.45) is 5.92 Å². The Hall–Kier alpha value is -2.19. The fourth-order valence-electron chi connectivity index (χ4n) is 3.91. The van der Waals surface area contributed by atoms with Crippen LogP contribution in [0, 0.1) is 26.7 Å². The number of nitrogens with zero attached hydrogens (tertiary/aromatic N) is 3. The van der Waals surface area contributed by atoms with Crippen LogP contribution in [-0.2, 0) is 20.4 Å². The normalized spacial score (nSPS) is 16.6. The number of amides is 1. The van der Waals surface area contributed by atoms with E-state index in [2.05, 4.69) is 10.4 Å². The van der Waals surface area contributed by atoms with Crippen LogP contribution in [0.5, 0.6) is 0 Å². The lowest BCUT2D eigenvalue weighted by atomic mass is 9.97. The lowest BCUT2D eigenvalue weighted by molar-refractivity contribution is -0.121. The molecule has 0 bridgehead atoms. The predicted octanol–water partition coefficient (Wildman–Crippen LogP) is 3.60. The summed E-state index contributed by atoms with van der Waals surface area (Å²) in [5.74, 6) is 0.374. The van der Waals surface area contributed by atoms with Gasteiger partial charge in [0.05, 0.1) is 16.1 Å². The number of piperidine rings is 1. The van der Waals surface area contributed by atoms with Gasteiger partial charge in [0.25, 0.3) is 0 Å². The highest BCUT2D eigenvalue weighted by Gasteiger charge is 2.33. The second-order valence-corrected chi connectivity index (χ2v) is 11.1.